The average Bonchev–Trinajstić information content (AvgIpc) is 3.57. The number of nitrogens with one attached hydrogen (secondary N) is 2. The molecule has 0 aromatic carbocycles. The van der Waals surface area contributed by atoms with Crippen LogP contribution in [0.3, 0.4) is 0 Å². The second kappa shape index (κ2) is 10.4. The summed E-state index contributed by atoms with van der Waals surface area (Å²) >= 11 is 2.51. The lowest BCUT2D eigenvalue weighted by atomic mass is 10.0. The van der Waals surface area contributed by atoms with Crippen LogP contribution in [0.4, 0.5) is 5.13 Å². The summed E-state index contributed by atoms with van der Waals surface area (Å²) in [5.74, 6) is -2.02. The number of H-pyrrole nitrogens is 1. The summed E-state index contributed by atoms with van der Waals surface area (Å²) in [5, 5.41) is 17.7. The van der Waals surface area contributed by atoms with Gasteiger partial charge in [-0.1, -0.05) is 11.2 Å². The highest BCUT2D eigenvalue weighted by Gasteiger charge is 2.54. The topological polar surface area (TPSA) is 180 Å². The molecule has 0 spiro atoms. The molecule has 1 fully saturated rings. The van der Waals surface area contributed by atoms with Crippen molar-refractivity contribution in [1.82, 2.24) is 25.2 Å². The molecule has 2 atom stereocenters. The summed E-state index contributed by atoms with van der Waals surface area (Å²) in [6, 6.07) is 4.61. The molecule has 0 bridgehead atoms. The highest BCUT2D eigenvalue weighted by atomic mass is 32.2. The van der Waals surface area contributed by atoms with Gasteiger partial charge in [-0.25, -0.2) is 19.3 Å². The summed E-state index contributed by atoms with van der Waals surface area (Å²) in [5.41, 5.74) is 6.95. The van der Waals surface area contributed by atoms with E-state index in [1.54, 1.807) is 11.6 Å². The van der Waals surface area contributed by atoms with Gasteiger partial charge in [0.05, 0.1) is 18.2 Å². The van der Waals surface area contributed by atoms with Crippen LogP contribution in [0, 0.1) is 0 Å². The van der Waals surface area contributed by atoms with Crippen molar-refractivity contribution in [2.45, 2.75) is 24.6 Å². The first-order valence-electron chi connectivity index (χ1n) is 11.0. The molecule has 2 aliphatic heterocycles. The molecule has 0 saturated carbocycles. The first-order chi connectivity index (χ1) is 17.9. The van der Waals surface area contributed by atoms with Crippen molar-refractivity contribution in [1.29, 1.82) is 0 Å². The number of aromatic amines is 1. The molecule has 37 heavy (non-hydrogen) atoms. The number of imidazole rings is 1. The monoisotopic (exact) mass is 541 g/mol. The second-order valence-electron chi connectivity index (χ2n) is 8.03. The Morgan fingerprint density at radius 1 is 1.35 bits per heavy atom. The van der Waals surface area contributed by atoms with Crippen molar-refractivity contribution >= 4 is 51.7 Å². The van der Waals surface area contributed by atoms with E-state index < -0.39 is 29.2 Å². The molecule has 190 valence electrons. The van der Waals surface area contributed by atoms with Gasteiger partial charge < -0.3 is 26.0 Å². The molecule has 3 aromatic heterocycles. The van der Waals surface area contributed by atoms with E-state index in [1.807, 2.05) is 35.2 Å². The van der Waals surface area contributed by atoms with Crippen molar-refractivity contribution in [3.8, 4) is 0 Å². The Morgan fingerprint density at radius 2 is 2.16 bits per heavy atom. The van der Waals surface area contributed by atoms with Gasteiger partial charge in [0.25, 0.3) is 11.8 Å². The zero-order valence-electron chi connectivity index (χ0n) is 19.1. The van der Waals surface area contributed by atoms with Crippen molar-refractivity contribution in [3.05, 3.63) is 71.2 Å². The molecule has 2 unspecified atom stereocenters. The number of hydrogen-bond donors (Lipinski definition) is 4. The number of β-lactam (4-membered cyclic amide) rings is 1. The number of nitrogens with zero attached hydrogens (tertiary/aromatic N) is 5. The van der Waals surface area contributed by atoms with Crippen LogP contribution in [-0.2, 0) is 32.4 Å². The number of thioether (sulfide) groups is 1. The number of carbonyl (C=O) groups is 3. The van der Waals surface area contributed by atoms with Gasteiger partial charge in [-0.3, -0.25) is 14.5 Å². The number of oxime groups is 1. The molecule has 5 N–H and O–H groups in total. The number of nitrogens with two attached hydrogens (primary N) is 1. The van der Waals surface area contributed by atoms with Gasteiger partial charge in [0, 0.05) is 28.8 Å². The molecule has 0 radical (unpaired) electrons. The van der Waals surface area contributed by atoms with Crippen molar-refractivity contribution in [2.75, 3.05) is 11.5 Å². The van der Waals surface area contributed by atoms with E-state index in [4.69, 9.17) is 10.6 Å². The van der Waals surface area contributed by atoms with Gasteiger partial charge in [-0.05, 0) is 0 Å². The van der Waals surface area contributed by atoms with Gasteiger partial charge in [0.1, 0.15) is 22.8 Å². The van der Waals surface area contributed by atoms with Gasteiger partial charge in [-0.2, -0.15) is 0 Å². The van der Waals surface area contributed by atoms with Crippen LogP contribution >= 0.6 is 23.1 Å². The van der Waals surface area contributed by atoms with Crippen LogP contribution < -0.4 is 15.6 Å². The maximum absolute atomic E-state index is 13.2. The standard InChI is InChI=1S/C22H20N8O5S2/c23-22-26-14(10-37-22)15(28-35-8-13-6-24-11-25-13)18(31)27-16-19(32)30-17(21(33)34)12(9-36-20(16)30)7-29-4-2-1-3-5-29/h1-6,10-11,16,20H,7-9H2,(H4-,23,24,25,26,27,31,33,34)/p+1/b28-15+. The van der Waals surface area contributed by atoms with E-state index in [2.05, 4.69) is 25.4 Å². The molecule has 3 aromatic rings. The predicted molar refractivity (Wildman–Crippen MR) is 133 cm³/mol. The number of aliphatic carboxylic acids is 1. The number of carboxylic acid groups (broad SMARTS) is 1. The molecule has 2 amide bonds. The SMILES string of the molecule is Nc1nc(/C(=N\OCc2cnc[nH]2)C(=O)NC2C(=O)N3C(C(=O)O)=C(C[n+]4ccccc4)CSC23)cs1. The predicted octanol–water partition coefficient (Wildman–Crippen LogP) is 0.0956. The summed E-state index contributed by atoms with van der Waals surface area (Å²) in [6.07, 6.45) is 6.68. The Labute approximate surface area is 218 Å². The Hall–Kier alpha value is -4.24. The van der Waals surface area contributed by atoms with Gasteiger partial charge in [0.15, 0.2) is 36.4 Å². The molecule has 0 aliphatic carbocycles. The molecule has 15 heteroatoms. The largest absolute Gasteiger partial charge is 0.477 e. The van der Waals surface area contributed by atoms with Crippen molar-refractivity contribution < 1.29 is 28.9 Å². The van der Waals surface area contributed by atoms with E-state index >= 15 is 0 Å². The number of aromatic nitrogens is 4. The molecular weight excluding hydrogens is 520 g/mol. The Kier molecular flexibility index (Phi) is 6.87. The maximum atomic E-state index is 13.2. The molecule has 13 nitrogen and oxygen atoms in total. The Balaban J connectivity index is 1.32. The number of carbonyl (C=O) groups excluding carboxylic acids is 2. The number of anilines is 1. The molecule has 2 aliphatic rings. The maximum Gasteiger partial charge on any atom is 0.352 e. The molecule has 1 saturated heterocycles. The number of carboxylic acids is 1. The van der Waals surface area contributed by atoms with Gasteiger partial charge >= 0.3 is 5.97 Å². The number of nitrogen functional groups attached to an aromatic ring is 1. The third-order valence-electron chi connectivity index (χ3n) is 5.60. The van der Waals surface area contributed by atoms with Crippen LogP contribution in [0.5, 0.6) is 0 Å². The summed E-state index contributed by atoms with van der Waals surface area (Å²) in [7, 11) is 0. The highest BCUT2D eigenvalue weighted by Crippen LogP contribution is 2.40. The zero-order valence-corrected chi connectivity index (χ0v) is 20.7. The second-order valence-corrected chi connectivity index (χ2v) is 10.0. The number of amides is 2. The number of hydrogen-bond acceptors (Lipinski definition) is 10. The molecule has 5 heterocycles. The zero-order chi connectivity index (χ0) is 25.9. The molecular formula is C22H21N8O5S2+. The van der Waals surface area contributed by atoms with E-state index in [0.717, 1.165) is 11.3 Å². The normalized spacial score (nSPS) is 19.3. The van der Waals surface area contributed by atoms with Crippen LogP contribution in [-0.4, -0.2) is 65.6 Å². The highest BCUT2D eigenvalue weighted by molar-refractivity contribution is 8.00. The minimum atomic E-state index is -1.19. The number of rotatable bonds is 9. The fourth-order valence-corrected chi connectivity index (χ4v) is 5.79. The van der Waals surface area contributed by atoms with Crippen LogP contribution in [0.25, 0.3) is 0 Å². The fraction of sp³-hybridized carbons (Fsp3) is 0.227. The fourth-order valence-electron chi connectivity index (χ4n) is 3.91. The third-order valence-corrected chi connectivity index (χ3v) is 7.61. The van der Waals surface area contributed by atoms with Crippen LogP contribution in [0.2, 0.25) is 0 Å². The van der Waals surface area contributed by atoms with E-state index in [0.29, 0.717) is 23.6 Å². The van der Waals surface area contributed by atoms with Crippen molar-refractivity contribution in [3.63, 3.8) is 0 Å². The quantitative estimate of drug-likeness (QED) is 0.126. The average molecular weight is 542 g/mol. The Bertz CT molecular complexity index is 1390. The van der Waals surface area contributed by atoms with E-state index in [1.165, 1.54) is 23.0 Å². The third kappa shape index (κ3) is 5.03. The number of thiazole rings is 1. The lowest BCUT2D eigenvalue weighted by Crippen LogP contribution is -2.71. The summed E-state index contributed by atoms with van der Waals surface area (Å²) in [6.45, 7) is 0.360. The van der Waals surface area contributed by atoms with Crippen LogP contribution in [0.1, 0.15) is 11.4 Å². The summed E-state index contributed by atoms with van der Waals surface area (Å²) in [4.78, 5) is 55.7. The lowest BCUT2D eigenvalue weighted by Gasteiger charge is -2.49. The minimum Gasteiger partial charge on any atom is -0.477 e. The van der Waals surface area contributed by atoms with Gasteiger partial charge in [0.2, 0.25) is 0 Å². The minimum absolute atomic E-state index is 0.0278. The van der Waals surface area contributed by atoms with Gasteiger partial charge in [-0.15, -0.1) is 23.1 Å². The smallest absolute Gasteiger partial charge is 0.352 e. The molecule has 5 rings (SSSR count). The first kappa shape index (κ1) is 24.5. The number of pyridine rings is 1. The van der Waals surface area contributed by atoms with E-state index in [-0.39, 0.29) is 28.8 Å². The number of fused-ring (bicyclic) bond motifs is 1. The first-order valence-corrected chi connectivity index (χ1v) is 12.9. The Morgan fingerprint density at radius 3 is 2.84 bits per heavy atom. The van der Waals surface area contributed by atoms with Crippen molar-refractivity contribution in [2.24, 2.45) is 5.16 Å². The van der Waals surface area contributed by atoms with Crippen LogP contribution in [0.15, 0.2) is 64.9 Å². The summed E-state index contributed by atoms with van der Waals surface area (Å²) < 4.78 is 1.84. The van der Waals surface area contributed by atoms with E-state index in [9.17, 15) is 19.5 Å². The lowest BCUT2D eigenvalue weighted by molar-refractivity contribution is -0.689.